The molecule has 1 amide bonds. The molecule has 3 aromatic rings. The third kappa shape index (κ3) is 3.81. The molecule has 4 nitrogen and oxygen atoms in total. The molecule has 2 heterocycles. The molecule has 0 aliphatic carbocycles. The largest absolute Gasteiger partial charge is 0.302 e. The van der Waals surface area contributed by atoms with E-state index in [1.54, 1.807) is 6.20 Å². The number of pyridine rings is 1. The van der Waals surface area contributed by atoms with Crippen LogP contribution in [0.3, 0.4) is 0 Å². The van der Waals surface area contributed by atoms with Crippen LogP contribution in [0.2, 0.25) is 0 Å². The quantitative estimate of drug-likeness (QED) is 0.789. The molecule has 1 aromatic carbocycles. The predicted octanol–water partition coefficient (Wildman–Crippen LogP) is 4.00. The second-order valence-electron chi connectivity index (χ2n) is 5.41. The molecule has 0 aliphatic heterocycles. The zero-order chi connectivity index (χ0) is 16.2. The molecule has 0 saturated carbocycles. The third-order valence-corrected chi connectivity index (χ3v) is 4.28. The number of hydrogen-bond acceptors (Lipinski definition) is 4. The number of anilines is 1. The van der Waals surface area contributed by atoms with Crippen LogP contribution in [0.1, 0.15) is 16.7 Å². The van der Waals surface area contributed by atoms with Crippen molar-refractivity contribution in [2.24, 2.45) is 0 Å². The molecular formula is C18H17N3OS. The van der Waals surface area contributed by atoms with Gasteiger partial charge < -0.3 is 5.32 Å². The number of benzene rings is 1. The lowest BCUT2D eigenvalue weighted by molar-refractivity contribution is -0.115. The highest BCUT2D eigenvalue weighted by atomic mass is 32.1. The molecule has 0 bridgehead atoms. The summed E-state index contributed by atoms with van der Waals surface area (Å²) >= 11 is 1.41. The summed E-state index contributed by atoms with van der Waals surface area (Å²) in [4.78, 5) is 20.9. The Bertz CT molecular complexity index is 827. The topological polar surface area (TPSA) is 54.9 Å². The van der Waals surface area contributed by atoms with Gasteiger partial charge in [-0.15, -0.1) is 11.3 Å². The van der Waals surface area contributed by atoms with E-state index in [2.05, 4.69) is 21.4 Å². The van der Waals surface area contributed by atoms with Crippen LogP contribution >= 0.6 is 11.3 Å². The summed E-state index contributed by atoms with van der Waals surface area (Å²) in [5.74, 6) is -0.0566. The van der Waals surface area contributed by atoms with Crippen LogP contribution in [0.15, 0.2) is 48.0 Å². The number of carbonyl (C=O) groups is 1. The molecule has 0 saturated heterocycles. The molecule has 0 unspecified atom stereocenters. The van der Waals surface area contributed by atoms with Gasteiger partial charge in [0.1, 0.15) is 5.69 Å². The fraction of sp³-hybridized carbons (Fsp3) is 0.167. The molecule has 0 spiro atoms. The first-order valence-corrected chi connectivity index (χ1v) is 8.23. The number of aromatic nitrogens is 2. The minimum atomic E-state index is -0.0566. The summed E-state index contributed by atoms with van der Waals surface area (Å²) in [6, 6.07) is 11.8. The maximum absolute atomic E-state index is 12.2. The van der Waals surface area contributed by atoms with Crippen molar-refractivity contribution in [1.82, 2.24) is 9.97 Å². The van der Waals surface area contributed by atoms with E-state index >= 15 is 0 Å². The van der Waals surface area contributed by atoms with Crippen molar-refractivity contribution < 1.29 is 4.79 Å². The molecule has 3 rings (SSSR count). The monoisotopic (exact) mass is 323 g/mol. The smallest absolute Gasteiger partial charge is 0.230 e. The summed E-state index contributed by atoms with van der Waals surface area (Å²) in [5, 5.41) is 5.36. The van der Waals surface area contributed by atoms with Gasteiger partial charge >= 0.3 is 0 Å². The second kappa shape index (κ2) is 6.71. The van der Waals surface area contributed by atoms with Gasteiger partial charge in [-0.25, -0.2) is 4.98 Å². The van der Waals surface area contributed by atoms with E-state index in [1.165, 1.54) is 16.9 Å². The van der Waals surface area contributed by atoms with Crippen LogP contribution in [0.4, 0.5) is 5.13 Å². The van der Waals surface area contributed by atoms with E-state index < -0.39 is 0 Å². The van der Waals surface area contributed by atoms with E-state index in [-0.39, 0.29) is 5.91 Å². The van der Waals surface area contributed by atoms with Crippen LogP contribution in [0.5, 0.6) is 0 Å². The molecule has 5 heteroatoms. The molecule has 1 N–H and O–H groups in total. The molecular weight excluding hydrogens is 306 g/mol. The van der Waals surface area contributed by atoms with Gasteiger partial charge in [0.25, 0.3) is 0 Å². The van der Waals surface area contributed by atoms with Crippen LogP contribution in [-0.2, 0) is 11.2 Å². The second-order valence-corrected chi connectivity index (χ2v) is 6.27. The Morgan fingerprint density at radius 2 is 2.04 bits per heavy atom. The van der Waals surface area contributed by atoms with Crippen LogP contribution < -0.4 is 5.32 Å². The Morgan fingerprint density at radius 1 is 1.17 bits per heavy atom. The normalized spacial score (nSPS) is 10.5. The van der Waals surface area contributed by atoms with Gasteiger partial charge in [0.05, 0.1) is 12.1 Å². The Morgan fingerprint density at radius 3 is 2.78 bits per heavy atom. The Kier molecular flexibility index (Phi) is 4.48. The van der Waals surface area contributed by atoms with Crippen molar-refractivity contribution in [2.45, 2.75) is 20.3 Å². The maximum Gasteiger partial charge on any atom is 0.230 e. The van der Waals surface area contributed by atoms with E-state index in [0.717, 1.165) is 22.5 Å². The first kappa shape index (κ1) is 15.4. The summed E-state index contributed by atoms with van der Waals surface area (Å²) in [5.41, 5.74) is 4.95. The standard InChI is InChI=1S/C18H17N3OS/c1-12-6-7-14(13(2)9-12)10-17(22)21-18-20-16(11-23-18)15-5-3-4-8-19-15/h3-9,11H,10H2,1-2H3,(H,20,21,22). The van der Waals surface area contributed by atoms with Crippen molar-refractivity contribution in [3.63, 3.8) is 0 Å². The molecule has 0 aliphatic rings. The molecule has 0 radical (unpaired) electrons. The number of rotatable bonds is 4. The highest BCUT2D eigenvalue weighted by molar-refractivity contribution is 7.14. The van der Waals surface area contributed by atoms with Crippen LogP contribution in [-0.4, -0.2) is 15.9 Å². The van der Waals surface area contributed by atoms with Gasteiger partial charge in [0, 0.05) is 11.6 Å². The first-order valence-electron chi connectivity index (χ1n) is 7.35. The van der Waals surface area contributed by atoms with E-state index in [4.69, 9.17) is 0 Å². The molecule has 23 heavy (non-hydrogen) atoms. The van der Waals surface area contributed by atoms with Gasteiger partial charge in [-0.3, -0.25) is 9.78 Å². The fourth-order valence-corrected chi connectivity index (χ4v) is 3.06. The minimum Gasteiger partial charge on any atom is -0.302 e. The molecule has 0 atom stereocenters. The van der Waals surface area contributed by atoms with Gasteiger partial charge in [-0.2, -0.15) is 0 Å². The van der Waals surface area contributed by atoms with Gasteiger partial charge in [0.2, 0.25) is 5.91 Å². The zero-order valence-corrected chi connectivity index (χ0v) is 13.9. The first-order chi connectivity index (χ1) is 11.1. The Balaban J connectivity index is 1.68. The van der Waals surface area contributed by atoms with Crippen molar-refractivity contribution in [3.05, 3.63) is 64.7 Å². The molecule has 116 valence electrons. The lowest BCUT2D eigenvalue weighted by Crippen LogP contribution is -2.14. The summed E-state index contributed by atoms with van der Waals surface area (Å²) in [6.07, 6.45) is 2.08. The van der Waals surface area contributed by atoms with Gasteiger partial charge in [-0.05, 0) is 37.1 Å². The van der Waals surface area contributed by atoms with E-state index in [9.17, 15) is 4.79 Å². The highest BCUT2D eigenvalue weighted by Gasteiger charge is 2.10. The van der Waals surface area contributed by atoms with E-state index in [0.29, 0.717) is 11.6 Å². The molecule has 2 aromatic heterocycles. The zero-order valence-electron chi connectivity index (χ0n) is 13.0. The van der Waals surface area contributed by atoms with Crippen molar-refractivity contribution >= 4 is 22.4 Å². The number of nitrogens with one attached hydrogen (secondary N) is 1. The fourth-order valence-electron chi connectivity index (χ4n) is 2.34. The predicted molar refractivity (Wildman–Crippen MR) is 93.6 cm³/mol. The Hall–Kier alpha value is -2.53. The van der Waals surface area contributed by atoms with Crippen molar-refractivity contribution in [2.75, 3.05) is 5.32 Å². The van der Waals surface area contributed by atoms with Gasteiger partial charge in [0.15, 0.2) is 5.13 Å². The summed E-state index contributed by atoms with van der Waals surface area (Å²) < 4.78 is 0. The maximum atomic E-state index is 12.2. The number of carbonyl (C=O) groups excluding carboxylic acids is 1. The number of aryl methyl sites for hydroxylation is 2. The third-order valence-electron chi connectivity index (χ3n) is 3.53. The van der Waals surface area contributed by atoms with Crippen molar-refractivity contribution in [1.29, 1.82) is 0 Å². The highest BCUT2D eigenvalue weighted by Crippen LogP contribution is 2.23. The number of nitrogens with zero attached hydrogens (tertiary/aromatic N) is 2. The van der Waals surface area contributed by atoms with Crippen LogP contribution in [0, 0.1) is 13.8 Å². The lowest BCUT2D eigenvalue weighted by Gasteiger charge is -2.06. The number of thiazole rings is 1. The number of amides is 1. The van der Waals surface area contributed by atoms with E-state index in [1.807, 2.05) is 49.6 Å². The van der Waals surface area contributed by atoms with Crippen molar-refractivity contribution in [3.8, 4) is 11.4 Å². The average molecular weight is 323 g/mol. The SMILES string of the molecule is Cc1ccc(CC(=O)Nc2nc(-c3ccccn3)cs2)c(C)c1. The summed E-state index contributed by atoms with van der Waals surface area (Å²) in [6.45, 7) is 4.07. The number of hydrogen-bond donors (Lipinski definition) is 1. The Labute approximate surface area is 139 Å². The molecule has 0 fully saturated rings. The summed E-state index contributed by atoms with van der Waals surface area (Å²) in [7, 11) is 0. The average Bonchev–Trinajstić information content (AvgIpc) is 2.99. The van der Waals surface area contributed by atoms with Crippen LogP contribution in [0.25, 0.3) is 11.4 Å². The lowest BCUT2D eigenvalue weighted by atomic mass is 10.0. The minimum absolute atomic E-state index is 0.0566. The van der Waals surface area contributed by atoms with Gasteiger partial charge in [-0.1, -0.05) is 29.8 Å².